The standard InChI is InChI=1S/C19H23NO5S/c1-4-20(15-5-7-16(8-6-15)25-14(2)3)26(21,22)17-9-10-18-19(13-17)24-12-11-23-18/h5-10,13-14H,4,11-12H2,1-3H3. The first kappa shape index (κ1) is 18.4. The van der Waals surface area contributed by atoms with Gasteiger partial charge < -0.3 is 14.2 Å². The van der Waals surface area contributed by atoms with E-state index in [1.54, 1.807) is 43.3 Å². The lowest BCUT2D eigenvalue weighted by molar-refractivity contribution is 0.171. The predicted molar refractivity (Wildman–Crippen MR) is 99.8 cm³/mol. The molecule has 1 aliphatic heterocycles. The molecule has 3 rings (SSSR count). The van der Waals surface area contributed by atoms with Gasteiger partial charge in [0.2, 0.25) is 0 Å². The SMILES string of the molecule is CCN(c1ccc(OC(C)C)cc1)S(=O)(=O)c1ccc2c(c1)OCCO2. The number of sulfonamides is 1. The maximum atomic E-state index is 13.1. The van der Waals surface area contributed by atoms with Gasteiger partial charge in [-0.05, 0) is 57.2 Å². The van der Waals surface area contributed by atoms with Crippen molar-refractivity contribution in [2.24, 2.45) is 0 Å². The van der Waals surface area contributed by atoms with E-state index < -0.39 is 10.0 Å². The van der Waals surface area contributed by atoms with Gasteiger partial charge in [-0.15, -0.1) is 0 Å². The molecule has 0 aliphatic carbocycles. The molecule has 0 atom stereocenters. The first-order valence-electron chi connectivity index (χ1n) is 8.61. The van der Waals surface area contributed by atoms with Crippen LogP contribution in [0.3, 0.4) is 0 Å². The average molecular weight is 377 g/mol. The van der Waals surface area contributed by atoms with E-state index in [0.717, 1.165) is 0 Å². The van der Waals surface area contributed by atoms with Crippen LogP contribution in [0.5, 0.6) is 17.2 Å². The molecule has 0 amide bonds. The van der Waals surface area contributed by atoms with Gasteiger partial charge in [-0.25, -0.2) is 8.42 Å². The van der Waals surface area contributed by atoms with Crippen molar-refractivity contribution in [3.8, 4) is 17.2 Å². The molecule has 140 valence electrons. The number of ether oxygens (including phenoxy) is 3. The van der Waals surface area contributed by atoms with E-state index in [4.69, 9.17) is 14.2 Å². The first-order valence-corrected chi connectivity index (χ1v) is 10.0. The predicted octanol–water partition coefficient (Wildman–Crippen LogP) is 3.46. The van der Waals surface area contributed by atoms with Gasteiger partial charge in [0, 0.05) is 12.6 Å². The van der Waals surface area contributed by atoms with E-state index >= 15 is 0 Å². The average Bonchev–Trinajstić information content (AvgIpc) is 2.62. The maximum Gasteiger partial charge on any atom is 0.264 e. The highest BCUT2D eigenvalue weighted by Gasteiger charge is 2.26. The summed E-state index contributed by atoms with van der Waals surface area (Å²) >= 11 is 0. The Balaban J connectivity index is 1.91. The molecule has 0 radical (unpaired) electrons. The second-order valence-electron chi connectivity index (χ2n) is 6.14. The van der Waals surface area contributed by atoms with Gasteiger partial charge in [0.15, 0.2) is 11.5 Å². The topological polar surface area (TPSA) is 65.1 Å². The molecule has 0 fully saturated rings. The van der Waals surface area contributed by atoms with Crippen molar-refractivity contribution in [1.29, 1.82) is 0 Å². The lowest BCUT2D eigenvalue weighted by Crippen LogP contribution is -2.31. The number of nitrogens with zero attached hydrogens (tertiary/aromatic N) is 1. The second-order valence-corrected chi connectivity index (χ2v) is 8.00. The van der Waals surface area contributed by atoms with Crippen molar-refractivity contribution in [3.05, 3.63) is 42.5 Å². The summed E-state index contributed by atoms with van der Waals surface area (Å²) in [6, 6.07) is 11.7. The first-order chi connectivity index (χ1) is 12.4. The minimum atomic E-state index is -3.72. The van der Waals surface area contributed by atoms with Crippen molar-refractivity contribution in [1.82, 2.24) is 0 Å². The molecule has 0 spiro atoms. The van der Waals surface area contributed by atoms with E-state index in [9.17, 15) is 8.42 Å². The fraction of sp³-hybridized carbons (Fsp3) is 0.368. The number of rotatable bonds is 6. The van der Waals surface area contributed by atoms with Gasteiger partial charge in [0.1, 0.15) is 19.0 Å². The Morgan fingerprint density at radius 3 is 2.31 bits per heavy atom. The molecule has 0 bridgehead atoms. The van der Waals surface area contributed by atoms with E-state index in [-0.39, 0.29) is 11.0 Å². The van der Waals surface area contributed by atoms with Crippen LogP contribution in [0, 0.1) is 0 Å². The lowest BCUT2D eigenvalue weighted by atomic mass is 10.3. The normalized spacial score (nSPS) is 13.5. The van der Waals surface area contributed by atoms with Gasteiger partial charge in [0.05, 0.1) is 16.7 Å². The molecule has 0 aromatic heterocycles. The van der Waals surface area contributed by atoms with Gasteiger partial charge in [0.25, 0.3) is 10.0 Å². The van der Waals surface area contributed by atoms with Gasteiger partial charge in [-0.1, -0.05) is 0 Å². The van der Waals surface area contributed by atoms with Gasteiger partial charge in [-0.2, -0.15) is 0 Å². The Bertz CT molecular complexity index is 862. The fourth-order valence-electron chi connectivity index (χ4n) is 2.77. The molecule has 6 nitrogen and oxygen atoms in total. The minimum absolute atomic E-state index is 0.0598. The molecule has 2 aromatic rings. The Morgan fingerprint density at radius 1 is 1.04 bits per heavy atom. The Labute approximate surface area is 154 Å². The molecule has 1 heterocycles. The molecule has 0 N–H and O–H groups in total. The smallest absolute Gasteiger partial charge is 0.264 e. The van der Waals surface area contributed by atoms with Crippen LogP contribution >= 0.6 is 0 Å². The second kappa shape index (κ2) is 7.45. The van der Waals surface area contributed by atoms with Crippen LogP contribution in [0.25, 0.3) is 0 Å². The molecule has 26 heavy (non-hydrogen) atoms. The fourth-order valence-corrected chi connectivity index (χ4v) is 4.26. The zero-order valence-corrected chi connectivity index (χ0v) is 16.0. The van der Waals surface area contributed by atoms with Crippen molar-refractivity contribution in [2.75, 3.05) is 24.1 Å². The zero-order chi connectivity index (χ0) is 18.7. The van der Waals surface area contributed by atoms with E-state index in [1.165, 1.54) is 10.4 Å². The van der Waals surface area contributed by atoms with Crippen LogP contribution in [-0.2, 0) is 10.0 Å². The summed E-state index contributed by atoms with van der Waals surface area (Å²) in [6.45, 7) is 6.86. The van der Waals surface area contributed by atoms with Crippen LogP contribution in [0.15, 0.2) is 47.4 Å². The third-order valence-corrected chi connectivity index (χ3v) is 5.78. The summed E-state index contributed by atoms with van der Waals surface area (Å²) in [5.41, 5.74) is 0.582. The third kappa shape index (κ3) is 3.72. The highest BCUT2D eigenvalue weighted by atomic mass is 32.2. The van der Waals surface area contributed by atoms with E-state index in [1.807, 2.05) is 13.8 Å². The summed E-state index contributed by atoms with van der Waals surface area (Å²) in [5.74, 6) is 1.72. The largest absolute Gasteiger partial charge is 0.491 e. The van der Waals surface area contributed by atoms with Crippen LogP contribution in [0.4, 0.5) is 5.69 Å². The quantitative estimate of drug-likeness (QED) is 0.771. The summed E-state index contributed by atoms with van der Waals surface area (Å²) in [4.78, 5) is 0.172. The van der Waals surface area contributed by atoms with Crippen LogP contribution < -0.4 is 18.5 Å². The Kier molecular flexibility index (Phi) is 5.27. The summed E-state index contributed by atoms with van der Waals surface area (Å²) < 4.78 is 44.2. The van der Waals surface area contributed by atoms with E-state index in [2.05, 4.69) is 0 Å². The summed E-state index contributed by atoms with van der Waals surface area (Å²) in [5, 5.41) is 0. The van der Waals surface area contributed by atoms with Crippen LogP contribution in [0.1, 0.15) is 20.8 Å². The number of hydrogen-bond acceptors (Lipinski definition) is 5. The van der Waals surface area contributed by atoms with Crippen molar-refractivity contribution < 1.29 is 22.6 Å². The molecule has 7 heteroatoms. The monoisotopic (exact) mass is 377 g/mol. The van der Waals surface area contributed by atoms with E-state index in [0.29, 0.717) is 42.7 Å². The van der Waals surface area contributed by atoms with Gasteiger partial charge >= 0.3 is 0 Å². The molecule has 0 unspecified atom stereocenters. The summed E-state index contributed by atoms with van der Waals surface area (Å²) in [7, 11) is -3.72. The third-order valence-electron chi connectivity index (χ3n) is 3.89. The molecule has 0 saturated carbocycles. The van der Waals surface area contributed by atoms with Crippen LogP contribution in [0.2, 0.25) is 0 Å². The Morgan fingerprint density at radius 2 is 1.69 bits per heavy atom. The lowest BCUT2D eigenvalue weighted by Gasteiger charge is -2.24. The Hall–Kier alpha value is -2.41. The van der Waals surface area contributed by atoms with Crippen molar-refractivity contribution in [2.45, 2.75) is 31.8 Å². The maximum absolute atomic E-state index is 13.1. The molecular weight excluding hydrogens is 354 g/mol. The molecule has 0 saturated heterocycles. The van der Waals surface area contributed by atoms with Crippen molar-refractivity contribution in [3.63, 3.8) is 0 Å². The summed E-state index contributed by atoms with van der Waals surface area (Å²) in [6.07, 6.45) is 0.0598. The molecule has 2 aromatic carbocycles. The number of fused-ring (bicyclic) bond motifs is 1. The highest BCUT2D eigenvalue weighted by molar-refractivity contribution is 7.92. The number of benzene rings is 2. The molecule has 1 aliphatic rings. The van der Waals surface area contributed by atoms with Crippen molar-refractivity contribution >= 4 is 15.7 Å². The number of hydrogen-bond donors (Lipinski definition) is 0. The zero-order valence-electron chi connectivity index (χ0n) is 15.1. The van der Waals surface area contributed by atoms with Crippen LogP contribution in [-0.4, -0.2) is 34.3 Å². The molecular formula is C19H23NO5S. The van der Waals surface area contributed by atoms with Gasteiger partial charge in [-0.3, -0.25) is 4.31 Å². The highest BCUT2D eigenvalue weighted by Crippen LogP contribution is 2.34. The number of anilines is 1. The minimum Gasteiger partial charge on any atom is -0.491 e.